The summed E-state index contributed by atoms with van der Waals surface area (Å²) in [4.78, 5) is 25.7. The number of amides is 2. The minimum atomic E-state index is -0.876. The molecule has 1 atom stereocenters. The van der Waals surface area contributed by atoms with Gasteiger partial charge >= 0.3 is 11.8 Å². The molecule has 0 unspecified atom stereocenters. The number of nitrogens with two attached hydrogens (primary N) is 1. The molecule has 0 aliphatic carbocycles. The molecule has 0 bridgehead atoms. The number of carbonyl (C=O) groups excluding carboxylic acids is 2. The number of likely N-dealkylation sites (tertiary alicyclic amines) is 1. The number of hydrogen-bond donors (Lipinski definition) is 1. The standard InChI is InChI=1S/C10H19N3O2/c1-3-13-6-4-5-8(13)7-12(2)10(15)9(11)14/h8H,3-7H2,1-2H3,(H2,11,14)/t8-/m1/s1. The van der Waals surface area contributed by atoms with E-state index in [2.05, 4.69) is 11.8 Å². The summed E-state index contributed by atoms with van der Waals surface area (Å²) in [5.41, 5.74) is 4.93. The summed E-state index contributed by atoms with van der Waals surface area (Å²) < 4.78 is 0. The summed E-state index contributed by atoms with van der Waals surface area (Å²) in [6.45, 7) is 4.77. The maximum atomic E-state index is 11.3. The second-order valence-corrected chi connectivity index (χ2v) is 3.97. The summed E-state index contributed by atoms with van der Waals surface area (Å²) in [7, 11) is 1.62. The largest absolute Gasteiger partial charge is 0.361 e. The van der Waals surface area contributed by atoms with Crippen LogP contribution in [0.5, 0.6) is 0 Å². The van der Waals surface area contributed by atoms with Crippen LogP contribution in [0.2, 0.25) is 0 Å². The van der Waals surface area contributed by atoms with Gasteiger partial charge in [0.25, 0.3) is 0 Å². The Bertz CT molecular complexity index is 255. The van der Waals surface area contributed by atoms with Gasteiger partial charge in [0.05, 0.1) is 0 Å². The van der Waals surface area contributed by atoms with Crippen LogP contribution in [0, 0.1) is 0 Å². The van der Waals surface area contributed by atoms with E-state index in [0.29, 0.717) is 12.6 Å². The predicted molar refractivity (Wildman–Crippen MR) is 57.1 cm³/mol. The van der Waals surface area contributed by atoms with Crippen molar-refractivity contribution in [2.24, 2.45) is 5.73 Å². The number of carbonyl (C=O) groups is 2. The minimum absolute atomic E-state index is 0.378. The Morgan fingerprint density at radius 3 is 2.73 bits per heavy atom. The number of primary amides is 1. The molecule has 2 N–H and O–H groups in total. The van der Waals surface area contributed by atoms with Crippen molar-refractivity contribution < 1.29 is 9.59 Å². The quantitative estimate of drug-likeness (QED) is 0.637. The fourth-order valence-electron chi connectivity index (χ4n) is 2.11. The van der Waals surface area contributed by atoms with Crippen molar-refractivity contribution in [3.8, 4) is 0 Å². The van der Waals surface area contributed by atoms with Crippen molar-refractivity contribution in [3.63, 3.8) is 0 Å². The summed E-state index contributed by atoms with van der Waals surface area (Å²) in [5.74, 6) is -1.48. The molecule has 1 heterocycles. The molecule has 5 nitrogen and oxygen atoms in total. The van der Waals surface area contributed by atoms with E-state index < -0.39 is 11.8 Å². The summed E-state index contributed by atoms with van der Waals surface area (Å²) in [5, 5.41) is 0. The lowest BCUT2D eigenvalue weighted by molar-refractivity contribution is -0.143. The SMILES string of the molecule is CCN1CCC[C@@H]1CN(C)C(=O)C(N)=O. The Balaban J connectivity index is 2.47. The Hall–Kier alpha value is -1.10. The third-order valence-corrected chi connectivity index (χ3v) is 2.95. The van der Waals surface area contributed by atoms with Gasteiger partial charge in [0, 0.05) is 19.6 Å². The van der Waals surface area contributed by atoms with E-state index in [9.17, 15) is 9.59 Å². The number of nitrogens with zero attached hydrogens (tertiary/aromatic N) is 2. The zero-order valence-corrected chi connectivity index (χ0v) is 9.40. The monoisotopic (exact) mass is 213 g/mol. The second-order valence-electron chi connectivity index (χ2n) is 3.97. The fraction of sp³-hybridized carbons (Fsp3) is 0.800. The van der Waals surface area contributed by atoms with Gasteiger partial charge in [-0.15, -0.1) is 0 Å². The van der Waals surface area contributed by atoms with Gasteiger partial charge in [0.15, 0.2) is 0 Å². The molecule has 0 spiro atoms. The zero-order chi connectivity index (χ0) is 11.4. The van der Waals surface area contributed by atoms with Crippen LogP contribution in [0.3, 0.4) is 0 Å². The molecule has 15 heavy (non-hydrogen) atoms. The summed E-state index contributed by atoms with van der Waals surface area (Å²) in [6.07, 6.45) is 2.25. The highest BCUT2D eigenvalue weighted by molar-refractivity contribution is 6.34. The first-order chi connectivity index (χ1) is 7.06. The van der Waals surface area contributed by atoms with Gasteiger partial charge in [-0.2, -0.15) is 0 Å². The molecule has 1 fully saturated rings. The number of likely N-dealkylation sites (N-methyl/N-ethyl adjacent to an activating group) is 2. The maximum absolute atomic E-state index is 11.3. The minimum Gasteiger partial charge on any atom is -0.361 e. The van der Waals surface area contributed by atoms with Gasteiger partial charge < -0.3 is 10.6 Å². The molecule has 2 amide bonds. The summed E-state index contributed by atoms with van der Waals surface area (Å²) >= 11 is 0. The van der Waals surface area contributed by atoms with E-state index in [1.54, 1.807) is 7.05 Å². The van der Waals surface area contributed by atoms with Gasteiger partial charge in [0.2, 0.25) is 0 Å². The Kier molecular flexibility index (Phi) is 4.08. The first-order valence-corrected chi connectivity index (χ1v) is 5.35. The summed E-state index contributed by atoms with van der Waals surface area (Å²) in [6, 6.07) is 0.378. The lowest BCUT2D eigenvalue weighted by Gasteiger charge is -2.26. The normalized spacial score (nSPS) is 21.6. The van der Waals surface area contributed by atoms with Gasteiger partial charge in [-0.1, -0.05) is 6.92 Å². The van der Waals surface area contributed by atoms with Crippen molar-refractivity contribution in [1.29, 1.82) is 0 Å². The van der Waals surface area contributed by atoms with Gasteiger partial charge in [-0.3, -0.25) is 14.5 Å². The van der Waals surface area contributed by atoms with E-state index in [4.69, 9.17) is 5.73 Å². The zero-order valence-electron chi connectivity index (χ0n) is 9.40. The molecule has 0 aromatic heterocycles. The average molecular weight is 213 g/mol. The predicted octanol–water partition coefficient (Wildman–Crippen LogP) is -0.586. The van der Waals surface area contributed by atoms with E-state index in [0.717, 1.165) is 25.9 Å². The molecular formula is C10H19N3O2. The molecular weight excluding hydrogens is 194 g/mol. The first-order valence-electron chi connectivity index (χ1n) is 5.35. The molecule has 5 heteroatoms. The number of hydrogen-bond acceptors (Lipinski definition) is 3. The van der Waals surface area contributed by atoms with Crippen LogP contribution >= 0.6 is 0 Å². The van der Waals surface area contributed by atoms with E-state index in [-0.39, 0.29) is 0 Å². The lowest BCUT2D eigenvalue weighted by atomic mass is 10.2. The van der Waals surface area contributed by atoms with Crippen molar-refractivity contribution in [1.82, 2.24) is 9.80 Å². The van der Waals surface area contributed by atoms with Crippen molar-refractivity contribution in [2.45, 2.75) is 25.8 Å². The molecule has 86 valence electrons. The van der Waals surface area contributed by atoms with Crippen LogP contribution in [-0.2, 0) is 9.59 Å². The maximum Gasteiger partial charge on any atom is 0.311 e. The third kappa shape index (κ3) is 2.92. The molecule has 1 rings (SSSR count). The molecule has 0 saturated carbocycles. The van der Waals surface area contributed by atoms with Crippen LogP contribution in [0.1, 0.15) is 19.8 Å². The molecule has 0 radical (unpaired) electrons. The molecule has 0 aromatic carbocycles. The highest BCUT2D eigenvalue weighted by atomic mass is 16.2. The molecule has 1 saturated heterocycles. The highest BCUT2D eigenvalue weighted by Gasteiger charge is 2.26. The van der Waals surface area contributed by atoms with Crippen LogP contribution in [0.25, 0.3) is 0 Å². The van der Waals surface area contributed by atoms with Crippen LogP contribution < -0.4 is 5.73 Å². The first kappa shape index (κ1) is 12.0. The topological polar surface area (TPSA) is 66.6 Å². The highest BCUT2D eigenvalue weighted by Crippen LogP contribution is 2.17. The molecule has 0 aromatic rings. The average Bonchev–Trinajstić information content (AvgIpc) is 2.63. The molecule has 1 aliphatic rings. The van der Waals surface area contributed by atoms with E-state index in [1.165, 1.54) is 4.90 Å². The Morgan fingerprint density at radius 2 is 2.20 bits per heavy atom. The Morgan fingerprint density at radius 1 is 1.53 bits per heavy atom. The second kappa shape index (κ2) is 5.11. The Labute approximate surface area is 90.2 Å². The van der Waals surface area contributed by atoms with Crippen molar-refractivity contribution in [2.75, 3.05) is 26.7 Å². The fourth-order valence-corrected chi connectivity index (χ4v) is 2.11. The van der Waals surface area contributed by atoms with Gasteiger partial charge in [0.1, 0.15) is 0 Å². The van der Waals surface area contributed by atoms with Gasteiger partial charge in [-0.05, 0) is 25.9 Å². The van der Waals surface area contributed by atoms with E-state index in [1.807, 2.05) is 0 Å². The van der Waals surface area contributed by atoms with Crippen LogP contribution in [0.4, 0.5) is 0 Å². The number of rotatable bonds is 3. The van der Waals surface area contributed by atoms with Crippen molar-refractivity contribution in [3.05, 3.63) is 0 Å². The lowest BCUT2D eigenvalue weighted by Crippen LogP contribution is -2.45. The third-order valence-electron chi connectivity index (χ3n) is 2.95. The van der Waals surface area contributed by atoms with E-state index >= 15 is 0 Å². The molecule has 1 aliphatic heterocycles. The van der Waals surface area contributed by atoms with Gasteiger partial charge in [-0.25, -0.2) is 0 Å². The van der Waals surface area contributed by atoms with Crippen molar-refractivity contribution >= 4 is 11.8 Å². The van der Waals surface area contributed by atoms with Crippen LogP contribution in [-0.4, -0.2) is 54.3 Å². The smallest absolute Gasteiger partial charge is 0.311 e. The van der Waals surface area contributed by atoms with Crippen LogP contribution in [0.15, 0.2) is 0 Å².